The fraction of sp³-hybridized carbons (Fsp3) is 0.364. The van der Waals surface area contributed by atoms with E-state index in [9.17, 15) is 4.39 Å². The van der Waals surface area contributed by atoms with Gasteiger partial charge in [0.05, 0.1) is 5.52 Å². The molecule has 0 N–H and O–H groups in total. The predicted octanol–water partition coefficient (Wildman–Crippen LogP) is 2.66. The number of aromatic nitrogens is 2. The SMILES string of the molecule is CCCc1nc2c(F)cccc2n1C. The number of fused-ring (bicyclic) bond motifs is 1. The monoisotopic (exact) mass is 192 g/mol. The molecule has 0 saturated carbocycles. The minimum Gasteiger partial charge on any atom is -0.331 e. The highest BCUT2D eigenvalue weighted by Gasteiger charge is 2.09. The number of aryl methyl sites for hydroxylation is 2. The molecule has 2 rings (SSSR count). The number of nitrogens with zero attached hydrogens (tertiary/aromatic N) is 2. The standard InChI is InChI=1S/C11H13FN2/c1-3-5-10-13-11-8(12)6-4-7-9(11)14(10)2/h4,6-7H,3,5H2,1-2H3. The summed E-state index contributed by atoms with van der Waals surface area (Å²) in [6.07, 6.45) is 1.92. The largest absolute Gasteiger partial charge is 0.331 e. The summed E-state index contributed by atoms with van der Waals surface area (Å²) in [5.41, 5.74) is 1.35. The number of rotatable bonds is 2. The van der Waals surface area contributed by atoms with Crippen molar-refractivity contribution >= 4 is 11.0 Å². The van der Waals surface area contributed by atoms with Gasteiger partial charge in [-0.15, -0.1) is 0 Å². The first-order chi connectivity index (χ1) is 6.74. The van der Waals surface area contributed by atoms with Crippen LogP contribution < -0.4 is 0 Å². The first kappa shape index (κ1) is 9.19. The van der Waals surface area contributed by atoms with Gasteiger partial charge in [0.2, 0.25) is 0 Å². The van der Waals surface area contributed by atoms with Gasteiger partial charge in [0, 0.05) is 13.5 Å². The van der Waals surface area contributed by atoms with Crippen LogP contribution in [0.25, 0.3) is 11.0 Å². The molecule has 0 aliphatic heterocycles. The van der Waals surface area contributed by atoms with Crippen molar-refractivity contribution in [3.05, 3.63) is 29.8 Å². The Morgan fingerprint density at radius 3 is 2.86 bits per heavy atom. The second kappa shape index (κ2) is 3.40. The van der Waals surface area contributed by atoms with Crippen LogP contribution in [0.15, 0.2) is 18.2 Å². The number of benzene rings is 1. The molecule has 0 atom stereocenters. The summed E-state index contributed by atoms with van der Waals surface area (Å²) in [4.78, 5) is 4.29. The maximum atomic E-state index is 13.3. The van der Waals surface area contributed by atoms with E-state index in [1.807, 2.05) is 17.7 Å². The Kier molecular flexibility index (Phi) is 2.23. The molecule has 0 spiro atoms. The molecule has 1 aromatic heterocycles. The van der Waals surface area contributed by atoms with E-state index in [2.05, 4.69) is 11.9 Å². The second-order valence-corrected chi connectivity index (χ2v) is 3.44. The first-order valence-corrected chi connectivity index (χ1v) is 4.84. The van der Waals surface area contributed by atoms with Crippen molar-refractivity contribution in [3.63, 3.8) is 0 Å². The lowest BCUT2D eigenvalue weighted by Crippen LogP contribution is -1.96. The van der Waals surface area contributed by atoms with Crippen LogP contribution in [-0.4, -0.2) is 9.55 Å². The van der Waals surface area contributed by atoms with Gasteiger partial charge in [-0.05, 0) is 18.6 Å². The average Bonchev–Trinajstić information content (AvgIpc) is 2.48. The van der Waals surface area contributed by atoms with Crippen LogP contribution in [0.2, 0.25) is 0 Å². The molecule has 2 aromatic rings. The Hall–Kier alpha value is -1.38. The summed E-state index contributed by atoms with van der Waals surface area (Å²) in [5, 5.41) is 0. The quantitative estimate of drug-likeness (QED) is 0.715. The van der Waals surface area contributed by atoms with Crippen LogP contribution in [-0.2, 0) is 13.5 Å². The van der Waals surface area contributed by atoms with Crippen molar-refractivity contribution in [2.45, 2.75) is 19.8 Å². The van der Waals surface area contributed by atoms with Gasteiger partial charge in [0.25, 0.3) is 0 Å². The van der Waals surface area contributed by atoms with Crippen LogP contribution in [0.3, 0.4) is 0 Å². The molecule has 0 bridgehead atoms. The molecule has 0 radical (unpaired) electrons. The van der Waals surface area contributed by atoms with Crippen molar-refractivity contribution in [1.82, 2.24) is 9.55 Å². The zero-order valence-electron chi connectivity index (χ0n) is 8.42. The maximum Gasteiger partial charge on any atom is 0.151 e. The number of hydrogen-bond donors (Lipinski definition) is 0. The highest BCUT2D eigenvalue weighted by Crippen LogP contribution is 2.18. The van der Waals surface area contributed by atoms with Crippen LogP contribution >= 0.6 is 0 Å². The summed E-state index contributed by atoms with van der Waals surface area (Å²) in [6, 6.07) is 5.06. The zero-order valence-corrected chi connectivity index (χ0v) is 8.42. The van der Waals surface area contributed by atoms with Crippen LogP contribution in [0.1, 0.15) is 19.2 Å². The molecule has 0 aliphatic rings. The summed E-state index contributed by atoms with van der Waals surface area (Å²) < 4.78 is 15.3. The van der Waals surface area contributed by atoms with Gasteiger partial charge < -0.3 is 4.57 Å². The van der Waals surface area contributed by atoms with Gasteiger partial charge in [-0.3, -0.25) is 0 Å². The fourth-order valence-corrected chi connectivity index (χ4v) is 1.68. The molecule has 2 nitrogen and oxygen atoms in total. The van der Waals surface area contributed by atoms with Gasteiger partial charge >= 0.3 is 0 Å². The number of para-hydroxylation sites is 1. The number of hydrogen-bond acceptors (Lipinski definition) is 1. The van der Waals surface area contributed by atoms with Crippen molar-refractivity contribution in [1.29, 1.82) is 0 Å². The van der Waals surface area contributed by atoms with E-state index >= 15 is 0 Å². The minimum absolute atomic E-state index is 0.236. The molecule has 14 heavy (non-hydrogen) atoms. The third-order valence-electron chi connectivity index (χ3n) is 2.43. The molecule has 0 fully saturated rings. The molecule has 1 heterocycles. The smallest absolute Gasteiger partial charge is 0.151 e. The van der Waals surface area contributed by atoms with Crippen molar-refractivity contribution in [2.24, 2.45) is 7.05 Å². The Morgan fingerprint density at radius 2 is 2.21 bits per heavy atom. The molecule has 0 saturated heterocycles. The first-order valence-electron chi connectivity index (χ1n) is 4.84. The molecular weight excluding hydrogens is 179 g/mol. The molecule has 3 heteroatoms. The third kappa shape index (κ3) is 1.29. The van der Waals surface area contributed by atoms with Gasteiger partial charge in [-0.25, -0.2) is 9.37 Å². The Morgan fingerprint density at radius 1 is 1.43 bits per heavy atom. The van der Waals surface area contributed by atoms with Crippen molar-refractivity contribution in [3.8, 4) is 0 Å². The van der Waals surface area contributed by atoms with E-state index in [-0.39, 0.29) is 5.82 Å². The van der Waals surface area contributed by atoms with E-state index in [0.717, 1.165) is 24.2 Å². The molecule has 74 valence electrons. The van der Waals surface area contributed by atoms with Crippen LogP contribution in [0.4, 0.5) is 4.39 Å². The normalized spacial score (nSPS) is 11.1. The molecular formula is C11H13FN2. The predicted molar refractivity (Wildman–Crippen MR) is 54.7 cm³/mol. The lowest BCUT2D eigenvalue weighted by molar-refractivity contribution is 0.637. The minimum atomic E-state index is -0.236. The van der Waals surface area contributed by atoms with Crippen LogP contribution in [0, 0.1) is 5.82 Å². The van der Waals surface area contributed by atoms with Crippen molar-refractivity contribution in [2.75, 3.05) is 0 Å². The van der Waals surface area contributed by atoms with E-state index in [1.165, 1.54) is 6.07 Å². The molecule has 0 unspecified atom stereocenters. The average molecular weight is 192 g/mol. The van der Waals surface area contributed by atoms with Gasteiger partial charge in [-0.2, -0.15) is 0 Å². The highest BCUT2D eigenvalue weighted by atomic mass is 19.1. The van der Waals surface area contributed by atoms with E-state index in [4.69, 9.17) is 0 Å². The number of imidazole rings is 1. The van der Waals surface area contributed by atoms with E-state index in [1.54, 1.807) is 6.07 Å². The Labute approximate surface area is 82.4 Å². The molecule has 0 aliphatic carbocycles. The lowest BCUT2D eigenvalue weighted by atomic mass is 10.3. The van der Waals surface area contributed by atoms with E-state index in [0.29, 0.717) is 5.52 Å². The number of halogens is 1. The summed E-state index contributed by atoms with van der Waals surface area (Å²) in [5.74, 6) is 0.716. The lowest BCUT2D eigenvalue weighted by Gasteiger charge is -1.98. The summed E-state index contributed by atoms with van der Waals surface area (Å²) >= 11 is 0. The Bertz CT molecular complexity index is 460. The third-order valence-corrected chi connectivity index (χ3v) is 2.43. The fourth-order valence-electron chi connectivity index (χ4n) is 1.68. The van der Waals surface area contributed by atoms with Gasteiger partial charge in [-0.1, -0.05) is 13.0 Å². The van der Waals surface area contributed by atoms with Crippen LogP contribution in [0.5, 0.6) is 0 Å². The second-order valence-electron chi connectivity index (χ2n) is 3.44. The maximum absolute atomic E-state index is 13.3. The Balaban J connectivity index is 2.67. The summed E-state index contributed by atoms with van der Waals surface area (Å²) in [6.45, 7) is 2.09. The molecule has 0 amide bonds. The highest BCUT2D eigenvalue weighted by molar-refractivity contribution is 5.76. The zero-order chi connectivity index (χ0) is 10.1. The van der Waals surface area contributed by atoms with Crippen molar-refractivity contribution < 1.29 is 4.39 Å². The van der Waals surface area contributed by atoms with Gasteiger partial charge in [0.1, 0.15) is 11.3 Å². The topological polar surface area (TPSA) is 17.8 Å². The van der Waals surface area contributed by atoms with E-state index < -0.39 is 0 Å². The molecule has 1 aromatic carbocycles. The van der Waals surface area contributed by atoms with Gasteiger partial charge in [0.15, 0.2) is 5.82 Å². The summed E-state index contributed by atoms with van der Waals surface area (Å²) in [7, 11) is 1.93.